The Morgan fingerprint density at radius 1 is 1.11 bits per heavy atom. The van der Waals surface area contributed by atoms with Crippen molar-refractivity contribution in [3.05, 3.63) is 23.8 Å². The first-order valence-electron chi connectivity index (χ1n) is 9.33. The van der Waals surface area contributed by atoms with E-state index < -0.39 is 5.60 Å². The van der Waals surface area contributed by atoms with E-state index in [1.807, 2.05) is 52.8 Å². The summed E-state index contributed by atoms with van der Waals surface area (Å²) >= 11 is 0. The van der Waals surface area contributed by atoms with Crippen molar-refractivity contribution in [3.63, 3.8) is 0 Å². The van der Waals surface area contributed by atoms with Gasteiger partial charge in [-0.3, -0.25) is 9.59 Å². The molecular weight excluding hydrogens is 346 g/mol. The minimum absolute atomic E-state index is 0.0307. The number of ether oxygens (including phenoxy) is 3. The number of amides is 1. The second-order valence-electron chi connectivity index (χ2n) is 7.55. The quantitative estimate of drug-likeness (QED) is 0.613. The van der Waals surface area contributed by atoms with Crippen molar-refractivity contribution in [3.8, 4) is 11.5 Å². The normalized spacial score (nSPS) is 12.3. The van der Waals surface area contributed by atoms with Gasteiger partial charge in [0.15, 0.2) is 11.5 Å². The third-order valence-electron chi connectivity index (χ3n) is 4.24. The molecule has 0 unspecified atom stereocenters. The van der Waals surface area contributed by atoms with Crippen LogP contribution in [0, 0.1) is 0 Å². The van der Waals surface area contributed by atoms with E-state index in [4.69, 9.17) is 14.2 Å². The van der Waals surface area contributed by atoms with Crippen LogP contribution in [0.15, 0.2) is 18.2 Å². The van der Waals surface area contributed by atoms with Gasteiger partial charge in [-0.25, -0.2) is 0 Å². The Morgan fingerprint density at radius 2 is 1.74 bits per heavy atom. The first kappa shape index (κ1) is 22.8. The van der Waals surface area contributed by atoms with Crippen LogP contribution in [0.25, 0.3) is 0 Å². The van der Waals surface area contributed by atoms with Gasteiger partial charge in [0, 0.05) is 12.5 Å². The van der Waals surface area contributed by atoms with Gasteiger partial charge in [0.1, 0.15) is 12.1 Å². The highest BCUT2D eigenvalue weighted by atomic mass is 16.6. The van der Waals surface area contributed by atoms with Gasteiger partial charge < -0.3 is 19.1 Å². The van der Waals surface area contributed by atoms with Crippen LogP contribution in [-0.4, -0.2) is 49.2 Å². The van der Waals surface area contributed by atoms with Crippen LogP contribution in [0.4, 0.5) is 0 Å². The Morgan fingerprint density at radius 3 is 2.26 bits per heavy atom. The molecule has 1 amide bonds. The molecule has 0 fully saturated rings. The molecule has 0 bridgehead atoms. The second kappa shape index (κ2) is 10.2. The number of hydrogen-bond acceptors (Lipinski definition) is 5. The van der Waals surface area contributed by atoms with Crippen molar-refractivity contribution in [2.24, 2.45) is 0 Å². The van der Waals surface area contributed by atoms with E-state index in [2.05, 4.69) is 0 Å². The van der Waals surface area contributed by atoms with Gasteiger partial charge in [-0.15, -0.1) is 0 Å². The smallest absolute Gasteiger partial charge is 0.326 e. The molecule has 6 heteroatoms. The highest BCUT2D eigenvalue weighted by Gasteiger charge is 2.25. The number of aryl methyl sites for hydroxylation is 1. The van der Waals surface area contributed by atoms with Gasteiger partial charge in [0.25, 0.3) is 0 Å². The number of nitrogens with zero attached hydrogens (tertiary/aromatic N) is 1. The first-order valence-corrected chi connectivity index (χ1v) is 9.33. The average molecular weight is 379 g/mol. The molecule has 0 spiro atoms. The molecule has 0 aliphatic heterocycles. The summed E-state index contributed by atoms with van der Waals surface area (Å²) in [6.45, 7) is 9.36. The Bertz CT molecular complexity index is 636. The standard InChI is InChI=1S/C21H33NO5/c1-8-15(2)22(14-20(24)27-21(3,4)5)19(23)12-10-16-9-11-17(25-6)18(13-16)26-7/h9,11,13,15H,8,10,12,14H2,1-7H3/t15-/m1/s1. The number of rotatable bonds is 9. The topological polar surface area (TPSA) is 65.1 Å². The Kier molecular flexibility index (Phi) is 8.60. The molecule has 1 aromatic rings. The fourth-order valence-corrected chi connectivity index (χ4v) is 2.65. The number of hydrogen-bond donors (Lipinski definition) is 0. The average Bonchev–Trinajstić information content (AvgIpc) is 2.61. The van der Waals surface area contributed by atoms with Crippen LogP contribution < -0.4 is 9.47 Å². The van der Waals surface area contributed by atoms with E-state index in [1.165, 1.54) is 0 Å². The lowest BCUT2D eigenvalue weighted by Gasteiger charge is -2.29. The van der Waals surface area contributed by atoms with Gasteiger partial charge in [-0.1, -0.05) is 13.0 Å². The summed E-state index contributed by atoms with van der Waals surface area (Å²) in [6.07, 6.45) is 1.63. The summed E-state index contributed by atoms with van der Waals surface area (Å²) in [4.78, 5) is 26.5. The van der Waals surface area contributed by atoms with Gasteiger partial charge in [-0.05, 0) is 58.2 Å². The molecule has 0 aromatic heterocycles. The van der Waals surface area contributed by atoms with Crippen LogP contribution in [0.2, 0.25) is 0 Å². The van der Waals surface area contributed by atoms with E-state index in [1.54, 1.807) is 19.1 Å². The van der Waals surface area contributed by atoms with E-state index in [0.29, 0.717) is 24.3 Å². The maximum atomic E-state index is 12.8. The van der Waals surface area contributed by atoms with Crippen LogP contribution in [0.1, 0.15) is 53.0 Å². The van der Waals surface area contributed by atoms with Gasteiger partial charge in [0.2, 0.25) is 5.91 Å². The highest BCUT2D eigenvalue weighted by molar-refractivity contribution is 5.82. The number of carbonyl (C=O) groups excluding carboxylic acids is 2. The molecule has 1 rings (SSSR count). The Labute approximate surface area is 162 Å². The molecule has 0 saturated carbocycles. The fourth-order valence-electron chi connectivity index (χ4n) is 2.65. The van der Waals surface area contributed by atoms with Gasteiger partial charge >= 0.3 is 5.97 Å². The maximum absolute atomic E-state index is 12.8. The van der Waals surface area contributed by atoms with Crippen molar-refractivity contribution in [1.29, 1.82) is 0 Å². The zero-order valence-electron chi connectivity index (χ0n) is 17.6. The molecule has 1 atom stereocenters. The number of methoxy groups -OCH3 is 2. The van der Waals surface area contributed by atoms with Crippen molar-refractivity contribution in [2.75, 3.05) is 20.8 Å². The molecule has 0 saturated heterocycles. The zero-order valence-corrected chi connectivity index (χ0v) is 17.6. The summed E-state index contributed by atoms with van der Waals surface area (Å²) < 4.78 is 15.9. The van der Waals surface area contributed by atoms with Crippen molar-refractivity contribution in [1.82, 2.24) is 4.90 Å². The molecule has 0 aliphatic rings. The van der Waals surface area contributed by atoms with Gasteiger partial charge in [-0.2, -0.15) is 0 Å². The fraction of sp³-hybridized carbons (Fsp3) is 0.619. The molecule has 27 heavy (non-hydrogen) atoms. The minimum Gasteiger partial charge on any atom is -0.493 e. The van der Waals surface area contributed by atoms with Gasteiger partial charge in [0.05, 0.1) is 14.2 Å². The van der Waals surface area contributed by atoms with Crippen LogP contribution in [0.5, 0.6) is 11.5 Å². The molecule has 152 valence electrons. The maximum Gasteiger partial charge on any atom is 0.326 e. The zero-order chi connectivity index (χ0) is 20.6. The summed E-state index contributed by atoms with van der Waals surface area (Å²) in [5.41, 5.74) is 0.406. The summed E-state index contributed by atoms with van der Waals surface area (Å²) in [6, 6.07) is 5.57. The Balaban J connectivity index is 2.78. The van der Waals surface area contributed by atoms with E-state index in [0.717, 1.165) is 12.0 Å². The molecular formula is C21H33NO5. The Hall–Kier alpha value is -2.24. The monoisotopic (exact) mass is 379 g/mol. The van der Waals surface area contributed by atoms with E-state index in [-0.39, 0.29) is 24.5 Å². The summed E-state index contributed by atoms with van der Waals surface area (Å²) in [5, 5.41) is 0. The van der Waals surface area contributed by atoms with Crippen LogP contribution >= 0.6 is 0 Å². The third-order valence-corrected chi connectivity index (χ3v) is 4.24. The lowest BCUT2D eigenvalue weighted by molar-refractivity contribution is -0.160. The molecule has 1 aromatic carbocycles. The molecule has 0 heterocycles. The van der Waals surface area contributed by atoms with Crippen LogP contribution in [-0.2, 0) is 20.7 Å². The minimum atomic E-state index is -0.569. The first-order chi connectivity index (χ1) is 12.6. The summed E-state index contributed by atoms with van der Waals surface area (Å²) in [7, 11) is 3.17. The van der Waals surface area contributed by atoms with E-state index >= 15 is 0 Å². The lowest BCUT2D eigenvalue weighted by Crippen LogP contribution is -2.43. The predicted octanol–water partition coefficient (Wildman–Crippen LogP) is 3.61. The second-order valence-corrected chi connectivity index (χ2v) is 7.55. The third kappa shape index (κ3) is 7.49. The van der Waals surface area contributed by atoms with Crippen molar-refractivity contribution >= 4 is 11.9 Å². The summed E-state index contributed by atoms with van der Waals surface area (Å²) in [5.74, 6) is 0.834. The van der Waals surface area contributed by atoms with E-state index in [9.17, 15) is 9.59 Å². The SMILES string of the molecule is CC[C@@H](C)N(CC(=O)OC(C)(C)C)C(=O)CCc1ccc(OC)c(OC)c1. The van der Waals surface area contributed by atoms with Crippen molar-refractivity contribution < 1.29 is 23.8 Å². The lowest BCUT2D eigenvalue weighted by atomic mass is 10.1. The molecule has 6 nitrogen and oxygen atoms in total. The molecule has 0 N–H and O–H groups in total. The number of esters is 1. The number of carbonyl (C=O) groups is 2. The predicted molar refractivity (Wildman–Crippen MR) is 105 cm³/mol. The van der Waals surface area contributed by atoms with Crippen LogP contribution in [0.3, 0.4) is 0 Å². The molecule has 0 aliphatic carbocycles. The number of benzene rings is 1. The highest BCUT2D eigenvalue weighted by Crippen LogP contribution is 2.28. The van der Waals surface area contributed by atoms with Crippen molar-refractivity contribution in [2.45, 2.75) is 65.5 Å². The largest absolute Gasteiger partial charge is 0.493 e. The molecule has 0 radical (unpaired) electrons.